The minimum atomic E-state index is -3.84. The summed E-state index contributed by atoms with van der Waals surface area (Å²) in [5, 5.41) is 0.645. The summed E-state index contributed by atoms with van der Waals surface area (Å²) in [5.41, 5.74) is 2.21. The molecule has 1 aromatic heterocycles. The van der Waals surface area contributed by atoms with Gasteiger partial charge < -0.3 is 14.2 Å². The third-order valence-corrected chi connectivity index (χ3v) is 7.71. The van der Waals surface area contributed by atoms with Gasteiger partial charge in [-0.15, -0.1) is 0 Å². The molecule has 0 radical (unpaired) electrons. The van der Waals surface area contributed by atoms with Crippen molar-refractivity contribution in [1.82, 2.24) is 8.87 Å². The highest BCUT2D eigenvalue weighted by Gasteiger charge is 2.36. The van der Waals surface area contributed by atoms with Crippen molar-refractivity contribution in [2.75, 3.05) is 37.7 Å². The summed E-state index contributed by atoms with van der Waals surface area (Å²) in [7, 11) is -2.09. The van der Waals surface area contributed by atoms with Gasteiger partial charge in [0.25, 0.3) is 0 Å². The lowest BCUT2D eigenvalue weighted by Gasteiger charge is -2.35. The molecule has 1 saturated heterocycles. The maximum absolute atomic E-state index is 13.5. The zero-order chi connectivity index (χ0) is 21.3. The summed E-state index contributed by atoms with van der Waals surface area (Å²) < 4.78 is 35.2. The van der Waals surface area contributed by atoms with Crippen LogP contribution in [0.15, 0.2) is 29.2 Å². The summed E-state index contributed by atoms with van der Waals surface area (Å²) in [6.45, 7) is 7.06. The van der Waals surface area contributed by atoms with E-state index in [9.17, 15) is 13.2 Å². The molecule has 0 bridgehead atoms. The lowest BCUT2D eigenvalue weighted by Crippen LogP contribution is -2.49. The lowest BCUT2D eigenvalue weighted by atomic mass is 10.2. The minimum absolute atomic E-state index is 0.0483. The van der Waals surface area contributed by atoms with Gasteiger partial charge in [-0.3, -0.25) is 0 Å². The number of hydrogen-bond acceptors (Lipinski definition) is 5. The molecule has 9 heteroatoms. The van der Waals surface area contributed by atoms with Crippen molar-refractivity contribution in [1.29, 1.82) is 0 Å². The third kappa shape index (κ3) is 4.01. The summed E-state index contributed by atoms with van der Waals surface area (Å²) in [6.07, 6.45) is 0. The number of piperazine rings is 1. The van der Waals surface area contributed by atoms with Crippen molar-refractivity contribution < 1.29 is 17.9 Å². The first-order chi connectivity index (χ1) is 13.7. The zero-order valence-corrected chi connectivity index (χ0v) is 18.7. The monoisotopic (exact) mass is 439 g/mol. The number of ether oxygens (including phenoxy) is 1. The van der Waals surface area contributed by atoms with Crippen LogP contribution in [0.5, 0.6) is 0 Å². The maximum Gasteiger partial charge on any atom is 0.341 e. The Kier molecular flexibility index (Phi) is 6.26. The Hall–Kier alpha value is -2.03. The number of anilines is 1. The topological polar surface area (TPSA) is 71.8 Å². The van der Waals surface area contributed by atoms with Gasteiger partial charge in [0.15, 0.2) is 0 Å². The van der Waals surface area contributed by atoms with Crippen LogP contribution >= 0.6 is 11.6 Å². The van der Waals surface area contributed by atoms with Crippen LogP contribution in [0.3, 0.4) is 0 Å². The number of carbonyl (C=O) groups is 1. The van der Waals surface area contributed by atoms with Gasteiger partial charge in [-0.25, -0.2) is 13.2 Å². The molecule has 2 aromatic rings. The van der Waals surface area contributed by atoms with E-state index in [-0.39, 0.29) is 17.1 Å². The Morgan fingerprint density at radius 1 is 1.14 bits per heavy atom. The standard InChI is InChI=1S/C20H26ClN3O4S/c1-5-28-20(25)18-14(2)22(4)15(3)19(18)29(26,27)24-11-9-23(10-12-24)17-8-6-7-16(21)13-17/h6-8,13H,5,9-12H2,1-4H3. The zero-order valence-electron chi connectivity index (χ0n) is 17.1. The van der Waals surface area contributed by atoms with Crippen molar-refractivity contribution >= 4 is 33.3 Å². The molecule has 2 heterocycles. The van der Waals surface area contributed by atoms with Crippen molar-refractivity contribution in [3.05, 3.63) is 46.2 Å². The smallest absolute Gasteiger partial charge is 0.341 e. The lowest BCUT2D eigenvalue weighted by molar-refractivity contribution is 0.0521. The van der Waals surface area contributed by atoms with Gasteiger partial charge in [-0.1, -0.05) is 17.7 Å². The molecule has 3 rings (SSSR count). The van der Waals surface area contributed by atoms with Crippen LogP contribution in [0, 0.1) is 13.8 Å². The highest BCUT2D eigenvalue weighted by molar-refractivity contribution is 7.89. The Balaban J connectivity index is 1.89. The molecule has 0 N–H and O–H groups in total. The van der Waals surface area contributed by atoms with Crippen LogP contribution in [-0.4, -0.2) is 56.0 Å². The highest BCUT2D eigenvalue weighted by Crippen LogP contribution is 2.31. The second-order valence-corrected chi connectivity index (χ2v) is 9.34. The molecule has 1 aliphatic rings. The average molecular weight is 440 g/mol. The summed E-state index contributed by atoms with van der Waals surface area (Å²) >= 11 is 6.07. The number of benzene rings is 1. The Morgan fingerprint density at radius 2 is 1.79 bits per heavy atom. The van der Waals surface area contributed by atoms with Gasteiger partial charge in [0, 0.05) is 55.3 Å². The fourth-order valence-corrected chi connectivity index (χ4v) is 5.75. The molecule has 0 aliphatic carbocycles. The first-order valence-corrected chi connectivity index (χ1v) is 11.3. The summed E-state index contributed by atoms with van der Waals surface area (Å²) in [5.74, 6) is -0.607. The minimum Gasteiger partial charge on any atom is -0.462 e. The number of rotatable bonds is 5. The molecule has 0 unspecified atom stereocenters. The Labute approximate surface area is 176 Å². The van der Waals surface area contributed by atoms with E-state index in [0.717, 1.165) is 5.69 Å². The number of hydrogen-bond donors (Lipinski definition) is 0. The van der Waals surface area contributed by atoms with E-state index in [1.54, 1.807) is 32.4 Å². The van der Waals surface area contributed by atoms with Gasteiger partial charge in [-0.2, -0.15) is 4.31 Å². The quantitative estimate of drug-likeness (QED) is 0.670. The summed E-state index contributed by atoms with van der Waals surface area (Å²) in [6, 6.07) is 7.51. The van der Waals surface area contributed by atoms with Gasteiger partial charge in [-0.05, 0) is 39.0 Å². The van der Waals surface area contributed by atoms with E-state index in [1.807, 2.05) is 24.3 Å². The van der Waals surface area contributed by atoms with E-state index < -0.39 is 16.0 Å². The maximum atomic E-state index is 13.5. The molecule has 158 valence electrons. The number of aromatic nitrogens is 1. The fourth-order valence-electron chi connectivity index (χ4n) is 3.66. The number of esters is 1. The highest BCUT2D eigenvalue weighted by atomic mass is 35.5. The first kappa shape index (κ1) is 21.7. The van der Waals surface area contributed by atoms with Crippen LogP contribution < -0.4 is 4.90 Å². The average Bonchev–Trinajstić information content (AvgIpc) is 2.93. The predicted molar refractivity (Wildman–Crippen MR) is 113 cm³/mol. The van der Waals surface area contributed by atoms with Gasteiger partial charge in [0.1, 0.15) is 10.5 Å². The van der Waals surface area contributed by atoms with Crippen molar-refractivity contribution in [2.24, 2.45) is 7.05 Å². The fraction of sp³-hybridized carbons (Fsp3) is 0.450. The van der Waals surface area contributed by atoms with Gasteiger partial charge in [0.05, 0.1) is 6.61 Å². The van der Waals surface area contributed by atoms with Gasteiger partial charge >= 0.3 is 5.97 Å². The third-order valence-electron chi connectivity index (χ3n) is 5.41. The molecular weight excluding hydrogens is 414 g/mol. The van der Waals surface area contributed by atoms with Crippen molar-refractivity contribution in [3.63, 3.8) is 0 Å². The van der Waals surface area contributed by atoms with Crippen LogP contribution in [0.2, 0.25) is 5.02 Å². The number of halogens is 1. The molecular formula is C20H26ClN3O4S. The second-order valence-electron chi connectivity index (χ2n) is 7.03. The van der Waals surface area contributed by atoms with Crippen molar-refractivity contribution in [2.45, 2.75) is 25.7 Å². The largest absolute Gasteiger partial charge is 0.462 e. The molecule has 1 aliphatic heterocycles. The SMILES string of the molecule is CCOC(=O)c1c(S(=O)(=O)N2CCN(c3cccc(Cl)c3)CC2)c(C)n(C)c1C. The van der Waals surface area contributed by atoms with E-state index in [0.29, 0.717) is 42.6 Å². The van der Waals surface area contributed by atoms with E-state index >= 15 is 0 Å². The number of carbonyl (C=O) groups excluding carboxylic acids is 1. The van der Waals surface area contributed by atoms with E-state index in [2.05, 4.69) is 4.90 Å². The van der Waals surface area contributed by atoms with Gasteiger partial charge in [0.2, 0.25) is 10.0 Å². The van der Waals surface area contributed by atoms with E-state index in [1.165, 1.54) is 4.31 Å². The molecule has 0 saturated carbocycles. The molecule has 0 atom stereocenters. The molecule has 7 nitrogen and oxygen atoms in total. The van der Waals surface area contributed by atoms with Crippen molar-refractivity contribution in [3.8, 4) is 0 Å². The normalized spacial score (nSPS) is 15.6. The second kappa shape index (κ2) is 8.38. The molecule has 0 amide bonds. The van der Waals surface area contributed by atoms with Crippen LogP contribution in [-0.2, 0) is 21.8 Å². The molecule has 1 fully saturated rings. The molecule has 1 aromatic carbocycles. The summed E-state index contributed by atoms with van der Waals surface area (Å²) in [4.78, 5) is 14.7. The van der Waals surface area contributed by atoms with Crippen LogP contribution in [0.25, 0.3) is 0 Å². The molecule has 29 heavy (non-hydrogen) atoms. The first-order valence-electron chi connectivity index (χ1n) is 9.52. The van der Waals surface area contributed by atoms with Crippen LogP contribution in [0.1, 0.15) is 28.7 Å². The Bertz CT molecular complexity index is 1020. The number of sulfonamides is 1. The number of nitrogens with zero attached hydrogens (tertiary/aromatic N) is 3. The Morgan fingerprint density at radius 3 is 2.38 bits per heavy atom. The van der Waals surface area contributed by atoms with Crippen LogP contribution in [0.4, 0.5) is 5.69 Å². The predicted octanol–water partition coefficient (Wildman–Crippen LogP) is 2.98. The van der Waals surface area contributed by atoms with E-state index in [4.69, 9.17) is 16.3 Å². The molecule has 0 spiro atoms.